The van der Waals surface area contributed by atoms with E-state index in [-0.39, 0.29) is 0 Å². The maximum absolute atomic E-state index is 10.0. The highest BCUT2D eigenvalue weighted by molar-refractivity contribution is 5.32. The standard InChI is InChI=1S/C15H26N2O2/c1-3-9-17(4-2)11-14(18)12-19-15-8-6-5-7-13(15)10-16/h5-8,14,18H,3-4,9-12,16H2,1-2H3. The van der Waals surface area contributed by atoms with Crippen LogP contribution in [0.25, 0.3) is 0 Å². The van der Waals surface area contributed by atoms with Crippen LogP contribution in [-0.4, -0.2) is 42.4 Å². The van der Waals surface area contributed by atoms with E-state index in [0.29, 0.717) is 19.7 Å². The van der Waals surface area contributed by atoms with Gasteiger partial charge >= 0.3 is 0 Å². The van der Waals surface area contributed by atoms with Gasteiger partial charge in [-0.1, -0.05) is 32.0 Å². The monoisotopic (exact) mass is 266 g/mol. The zero-order valence-electron chi connectivity index (χ0n) is 12.0. The average molecular weight is 266 g/mol. The maximum Gasteiger partial charge on any atom is 0.123 e. The second-order valence-corrected chi connectivity index (χ2v) is 4.67. The summed E-state index contributed by atoms with van der Waals surface area (Å²) < 4.78 is 5.66. The normalized spacial score (nSPS) is 12.7. The summed E-state index contributed by atoms with van der Waals surface area (Å²) in [6, 6.07) is 7.68. The fourth-order valence-corrected chi connectivity index (χ4v) is 2.04. The largest absolute Gasteiger partial charge is 0.491 e. The van der Waals surface area contributed by atoms with Crippen LogP contribution in [0.5, 0.6) is 5.75 Å². The van der Waals surface area contributed by atoms with Crippen molar-refractivity contribution in [2.75, 3.05) is 26.2 Å². The first kappa shape index (κ1) is 16.0. The number of likely N-dealkylation sites (N-methyl/N-ethyl adjacent to an activating group) is 1. The average Bonchev–Trinajstić information content (AvgIpc) is 2.44. The number of hydrogen-bond acceptors (Lipinski definition) is 4. The van der Waals surface area contributed by atoms with E-state index < -0.39 is 6.10 Å². The molecule has 1 atom stereocenters. The zero-order chi connectivity index (χ0) is 14.1. The van der Waals surface area contributed by atoms with Crippen molar-refractivity contribution in [1.82, 2.24) is 4.90 Å². The Morgan fingerprint density at radius 1 is 1.32 bits per heavy atom. The summed E-state index contributed by atoms with van der Waals surface area (Å²) in [7, 11) is 0. The SMILES string of the molecule is CCCN(CC)CC(O)COc1ccccc1CN. The molecule has 4 nitrogen and oxygen atoms in total. The molecule has 1 aromatic carbocycles. The van der Waals surface area contributed by atoms with Crippen molar-refractivity contribution in [3.8, 4) is 5.75 Å². The van der Waals surface area contributed by atoms with Crippen LogP contribution in [0.15, 0.2) is 24.3 Å². The summed E-state index contributed by atoms with van der Waals surface area (Å²) in [6.45, 7) is 7.60. The third-order valence-electron chi connectivity index (χ3n) is 3.08. The van der Waals surface area contributed by atoms with Gasteiger partial charge in [0.1, 0.15) is 18.5 Å². The first-order chi connectivity index (χ1) is 9.21. The van der Waals surface area contributed by atoms with Crippen molar-refractivity contribution < 1.29 is 9.84 Å². The highest BCUT2D eigenvalue weighted by Gasteiger charge is 2.11. The number of rotatable bonds is 9. The summed E-state index contributed by atoms with van der Waals surface area (Å²) in [4.78, 5) is 2.23. The van der Waals surface area contributed by atoms with Crippen molar-refractivity contribution in [3.63, 3.8) is 0 Å². The summed E-state index contributed by atoms with van der Waals surface area (Å²) >= 11 is 0. The minimum atomic E-state index is -0.475. The molecule has 1 aromatic rings. The lowest BCUT2D eigenvalue weighted by atomic mass is 10.2. The van der Waals surface area contributed by atoms with Gasteiger partial charge in [0.15, 0.2) is 0 Å². The van der Waals surface area contributed by atoms with Gasteiger partial charge in [0.05, 0.1) is 0 Å². The lowest BCUT2D eigenvalue weighted by Crippen LogP contribution is -2.36. The second-order valence-electron chi connectivity index (χ2n) is 4.67. The molecule has 0 saturated carbocycles. The molecule has 0 heterocycles. The third kappa shape index (κ3) is 5.59. The highest BCUT2D eigenvalue weighted by atomic mass is 16.5. The maximum atomic E-state index is 10.0. The van der Waals surface area contributed by atoms with E-state index in [4.69, 9.17) is 10.5 Å². The van der Waals surface area contributed by atoms with Crippen molar-refractivity contribution in [1.29, 1.82) is 0 Å². The van der Waals surface area contributed by atoms with Crippen LogP contribution in [0.2, 0.25) is 0 Å². The van der Waals surface area contributed by atoms with E-state index >= 15 is 0 Å². The van der Waals surface area contributed by atoms with Crippen molar-refractivity contribution >= 4 is 0 Å². The molecule has 1 unspecified atom stereocenters. The van der Waals surface area contributed by atoms with Crippen molar-refractivity contribution in [3.05, 3.63) is 29.8 Å². The van der Waals surface area contributed by atoms with Crippen LogP contribution in [0.1, 0.15) is 25.8 Å². The molecule has 0 bridgehead atoms. The van der Waals surface area contributed by atoms with E-state index in [1.807, 2.05) is 24.3 Å². The number of nitrogens with zero attached hydrogens (tertiary/aromatic N) is 1. The number of para-hydroxylation sites is 1. The lowest BCUT2D eigenvalue weighted by molar-refractivity contribution is 0.0696. The van der Waals surface area contributed by atoms with E-state index in [9.17, 15) is 5.11 Å². The number of aliphatic hydroxyl groups excluding tert-OH is 1. The molecule has 4 heteroatoms. The van der Waals surface area contributed by atoms with Gasteiger partial charge in [-0.05, 0) is 25.6 Å². The molecular weight excluding hydrogens is 240 g/mol. The summed E-state index contributed by atoms with van der Waals surface area (Å²) in [6.07, 6.45) is 0.620. The van der Waals surface area contributed by atoms with Gasteiger partial charge in [-0.3, -0.25) is 0 Å². The molecule has 0 fully saturated rings. The Kier molecular flexibility index (Phi) is 7.48. The van der Waals surface area contributed by atoms with E-state index in [0.717, 1.165) is 30.8 Å². The summed E-state index contributed by atoms with van der Waals surface area (Å²) in [5, 5.41) is 10.0. The number of ether oxygens (including phenoxy) is 1. The highest BCUT2D eigenvalue weighted by Crippen LogP contribution is 2.17. The van der Waals surface area contributed by atoms with Crippen LogP contribution in [0.3, 0.4) is 0 Å². The van der Waals surface area contributed by atoms with Gasteiger partial charge in [-0.2, -0.15) is 0 Å². The smallest absolute Gasteiger partial charge is 0.123 e. The Balaban J connectivity index is 2.42. The first-order valence-corrected chi connectivity index (χ1v) is 7.02. The Hall–Kier alpha value is -1.10. The lowest BCUT2D eigenvalue weighted by Gasteiger charge is -2.23. The predicted octanol–water partition coefficient (Wildman–Crippen LogP) is 1.62. The van der Waals surface area contributed by atoms with E-state index in [1.165, 1.54) is 0 Å². The minimum absolute atomic E-state index is 0.303. The molecular formula is C15H26N2O2. The fourth-order valence-electron chi connectivity index (χ4n) is 2.04. The number of aliphatic hydroxyl groups is 1. The second kappa shape index (κ2) is 8.91. The molecule has 0 aliphatic rings. The zero-order valence-corrected chi connectivity index (χ0v) is 12.0. The van der Waals surface area contributed by atoms with E-state index in [1.54, 1.807) is 0 Å². The van der Waals surface area contributed by atoms with Gasteiger partial charge in [-0.15, -0.1) is 0 Å². The van der Waals surface area contributed by atoms with Crippen LogP contribution < -0.4 is 10.5 Å². The Labute approximate surface area is 116 Å². The van der Waals surface area contributed by atoms with Crippen LogP contribution in [-0.2, 0) is 6.54 Å². The molecule has 0 spiro atoms. The minimum Gasteiger partial charge on any atom is -0.491 e. The summed E-state index contributed by atoms with van der Waals surface area (Å²) in [5.41, 5.74) is 6.62. The van der Waals surface area contributed by atoms with Crippen molar-refractivity contribution in [2.45, 2.75) is 32.9 Å². The molecule has 0 aliphatic heterocycles. The molecule has 0 radical (unpaired) electrons. The van der Waals surface area contributed by atoms with Crippen LogP contribution in [0.4, 0.5) is 0 Å². The van der Waals surface area contributed by atoms with Crippen molar-refractivity contribution in [2.24, 2.45) is 5.73 Å². The molecule has 1 rings (SSSR count). The Bertz CT molecular complexity index is 358. The summed E-state index contributed by atoms with van der Waals surface area (Å²) in [5.74, 6) is 0.766. The molecule has 0 amide bonds. The number of benzene rings is 1. The van der Waals surface area contributed by atoms with E-state index in [2.05, 4.69) is 18.7 Å². The van der Waals surface area contributed by atoms with Gasteiger partial charge < -0.3 is 20.5 Å². The fraction of sp³-hybridized carbons (Fsp3) is 0.600. The number of nitrogens with two attached hydrogens (primary N) is 1. The topological polar surface area (TPSA) is 58.7 Å². The number of hydrogen-bond donors (Lipinski definition) is 2. The third-order valence-corrected chi connectivity index (χ3v) is 3.08. The molecule has 0 aliphatic carbocycles. The van der Waals surface area contributed by atoms with Gasteiger partial charge in [0.25, 0.3) is 0 Å². The quantitative estimate of drug-likeness (QED) is 0.713. The van der Waals surface area contributed by atoms with Crippen LogP contribution in [0, 0.1) is 0 Å². The van der Waals surface area contributed by atoms with Crippen LogP contribution >= 0.6 is 0 Å². The first-order valence-electron chi connectivity index (χ1n) is 7.02. The van der Waals surface area contributed by atoms with Gasteiger partial charge in [0.2, 0.25) is 0 Å². The van der Waals surface area contributed by atoms with Gasteiger partial charge in [0, 0.05) is 18.7 Å². The molecule has 19 heavy (non-hydrogen) atoms. The molecule has 108 valence electrons. The molecule has 0 saturated heterocycles. The Morgan fingerprint density at radius 3 is 2.68 bits per heavy atom. The molecule has 0 aromatic heterocycles. The molecule has 3 N–H and O–H groups in total. The predicted molar refractivity (Wildman–Crippen MR) is 78.2 cm³/mol. The Morgan fingerprint density at radius 2 is 2.05 bits per heavy atom. The van der Waals surface area contributed by atoms with Gasteiger partial charge in [-0.25, -0.2) is 0 Å².